The number of rotatable bonds is 4. The minimum atomic E-state index is -0.210. The SMILES string of the molecule is CCCn1nc(C)c(C(=O)N2CCN(C)C[C@H](C(=O)NC)C2)c1C. The zero-order valence-electron chi connectivity index (χ0n) is 15.4. The molecule has 7 nitrogen and oxygen atoms in total. The number of aryl methyl sites for hydroxylation is 2. The lowest BCUT2D eigenvalue weighted by molar-refractivity contribution is -0.125. The van der Waals surface area contributed by atoms with Crippen molar-refractivity contribution in [2.45, 2.75) is 33.7 Å². The first-order valence-corrected chi connectivity index (χ1v) is 8.62. The highest BCUT2D eigenvalue weighted by molar-refractivity contribution is 5.96. The number of amides is 2. The molecule has 1 atom stereocenters. The number of carbonyl (C=O) groups is 2. The van der Waals surface area contributed by atoms with Gasteiger partial charge < -0.3 is 15.1 Å². The molecule has 2 heterocycles. The summed E-state index contributed by atoms with van der Waals surface area (Å²) < 4.78 is 1.91. The van der Waals surface area contributed by atoms with Crippen LogP contribution in [0, 0.1) is 19.8 Å². The van der Waals surface area contributed by atoms with Crippen LogP contribution >= 0.6 is 0 Å². The average Bonchev–Trinajstić information content (AvgIpc) is 2.72. The third kappa shape index (κ3) is 3.77. The van der Waals surface area contributed by atoms with E-state index in [4.69, 9.17) is 0 Å². The fourth-order valence-corrected chi connectivity index (χ4v) is 3.32. The number of aromatic nitrogens is 2. The predicted octanol–water partition coefficient (Wildman–Crippen LogP) is 0.660. The molecule has 1 N–H and O–H groups in total. The highest BCUT2D eigenvalue weighted by atomic mass is 16.2. The largest absolute Gasteiger partial charge is 0.359 e. The van der Waals surface area contributed by atoms with Gasteiger partial charge in [0.1, 0.15) is 0 Å². The molecule has 0 spiro atoms. The molecule has 0 saturated carbocycles. The van der Waals surface area contributed by atoms with E-state index in [1.54, 1.807) is 11.9 Å². The summed E-state index contributed by atoms with van der Waals surface area (Å²) in [7, 11) is 3.63. The lowest BCUT2D eigenvalue weighted by Gasteiger charge is -2.23. The second-order valence-corrected chi connectivity index (χ2v) is 6.59. The standard InChI is InChI=1S/C17H29N5O2/c1-6-7-22-13(3)15(12(2)19-22)17(24)21-9-8-20(5)10-14(11-21)16(23)18-4/h14H,6-11H2,1-5H3,(H,18,23)/t14-/m0/s1. The molecule has 1 aromatic heterocycles. The lowest BCUT2D eigenvalue weighted by Crippen LogP contribution is -2.41. The van der Waals surface area contributed by atoms with Crippen molar-refractivity contribution < 1.29 is 9.59 Å². The Labute approximate surface area is 144 Å². The number of hydrogen-bond acceptors (Lipinski definition) is 4. The van der Waals surface area contributed by atoms with Crippen LogP contribution in [0.15, 0.2) is 0 Å². The van der Waals surface area contributed by atoms with Crippen molar-refractivity contribution >= 4 is 11.8 Å². The Morgan fingerprint density at radius 2 is 1.96 bits per heavy atom. The third-order valence-corrected chi connectivity index (χ3v) is 4.66. The molecule has 7 heteroatoms. The molecule has 1 fully saturated rings. The normalized spacial score (nSPS) is 19.2. The van der Waals surface area contributed by atoms with Crippen molar-refractivity contribution in [2.75, 3.05) is 40.3 Å². The van der Waals surface area contributed by atoms with Crippen LogP contribution in [0.4, 0.5) is 0 Å². The monoisotopic (exact) mass is 335 g/mol. The fraction of sp³-hybridized carbons (Fsp3) is 0.706. The number of nitrogens with one attached hydrogen (secondary N) is 1. The van der Waals surface area contributed by atoms with Crippen LogP contribution in [-0.2, 0) is 11.3 Å². The third-order valence-electron chi connectivity index (χ3n) is 4.66. The first-order chi connectivity index (χ1) is 11.4. The molecular formula is C17H29N5O2. The minimum absolute atomic E-state index is 0.0170. The number of likely N-dealkylation sites (N-methyl/N-ethyl adjacent to an activating group) is 1. The number of carbonyl (C=O) groups excluding carboxylic acids is 2. The summed E-state index contributed by atoms with van der Waals surface area (Å²) in [6, 6.07) is 0. The van der Waals surface area contributed by atoms with Crippen molar-refractivity contribution in [3.8, 4) is 0 Å². The maximum atomic E-state index is 13.1. The van der Waals surface area contributed by atoms with E-state index in [1.807, 2.05) is 25.6 Å². The molecule has 0 aliphatic carbocycles. The van der Waals surface area contributed by atoms with E-state index < -0.39 is 0 Å². The molecule has 2 amide bonds. The zero-order chi connectivity index (χ0) is 17.9. The Morgan fingerprint density at radius 1 is 1.25 bits per heavy atom. The van der Waals surface area contributed by atoms with E-state index in [1.165, 1.54) is 0 Å². The molecule has 0 radical (unpaired) electrons. The summed E-state index contributed by atoms with van der Waals surface area (Å²) in [4.78, 5) is 29.1. The Bertz CT molecular complexity index is 610. The van der Waals surface area contributed by atoms with Crippen LogP contribution in [0.2, 0.25) is 0 Å². The molecule has 2 rings (SSSR count). The molecule has 0 unspecified atom stereocenters. The summed E-state index contributed by atoms with van der Waals surface area (Å²) in [5.74, 6) is -0.244. The topological polar surface area (TPSA) is 70.5 Å². The van der Waals surface area contributed by atoms with Crippen molar-refractivity contribution in [2.24, 2.45) is 5.92 Å². The predicted molar refractivity (Wildman–Crippen MR) is 92.9 cm³/mol. The second kappa shape index (κ2) is 7.79. The summed E-state index contributed by atoms with van der Waals surface area (Å²) in [5.41, 5.74) is 2.36. The van der Waals surface area contributed by atoms with Gasteiger partial charge in [-0.25, -0.2) is 0 Å². The first-order valence-electron chi connectivity index (χ1n) is 8.62. The Morgan fingerprint density at radius 3 is 2.58 bits per heavy atom. The van der Waals surface area contributed by atoms with Crippen molar-refractivity contribution in [1.82, 2.24) is 24.9 Å². The number of nitrogens with zero attached hydrogens (tertiary/aromatic N) is 4. The summed E-state index contributed by atoms with van der Waals surface area (Å²) in [6.07, 6.45) is 0.975. The van der Waals surface area contributed by atoms with Crippen LogP contribution in [0.3, 0.4) is 0 Å². The minimum Gasteiger partial charge on any atom is -0.359 e. The lowest BCUT2D eigenvalue weighted by atomic mass is 10.1. The van der Waals surface area contributed by atoms with Crippen molar-refractivity contribution in [3.63, 3.8) is 0 Å². The van der Waals surface area contributed by atoms with Gasteiger partial charge in [0.25, 0.3) is 5.91 Å². The second-order valence-electron chi connectivity index (χ2n) is 6.59. The van der Waals surface area contributed by atoms with Gasteiger partial charge in [0.15, 0.2) is 0 Å². The zero-order valence-corrected chi connectivity index (χ0v) is 15.4. The van der Waals surface area contributed by atoms with Gasteiger partial charge in [0.05, 0.1) is 17.2 Å². The van der Waals surface area contributed by atoms with E-state index in [0.29, 0.717) is 25.2 Å². The van der Waals surface area contributed by atoms with Gasteiger partial charge in [-0.15, -0.1) is 0 Å². The Balaban J connectivity index is 2.26. The molecule has 1 aliphatic heterocycles. The van der Waals surface area contributed by atoms with E-state index in [9.17, 15) is 9.59 Å². The summed E-state index contributed by atoms with van der Waals surface area (Å²) >= 11 is 0. The number of hydrogen-bond donors (Lipinski definition) is 1. The maximum absolute atomic E-state index is 13.1. The van der Waals surface area contributed by atoms with Gasteiger partial charge in [0, 0.05) is 45.5 Å². The van der Waals surface area contributed by atoms with E-state index in [2.05, 4.69) is 22.2 Å². The smallest absolute Gasteiger partial charge is 0.257 e. The average molecular weight is 335 g/mol. The van der Waals surface area contributed by atoms with E-state index in [0.717, 1.165) is 30.9 Å². The van der Waals surface area contributed by atoms with E-state index in [-0.39, 0.29) is 17.7 Å². The quantitative estimate of drug-likeness (QED) is 0.877. The van der Waals surface area contributed by atoms with Crippen LogP contribution in [0.25, 0.3) is 0 Å². The van der Waals surface area contributed by atoms with Gasteiger partial charge in [-0.05, 0) is 27.3 Å². The first kappa shape index (κ1) is 18.4. The highest BCUT2D eigenvalue weighted by Gasteiger charge is 2.31. The van der Waals surface area contributed by atoms with Crippen LogP contribution in [-0.4, -0.2) is 71.7 Å². The van der Waals surface area contributed by atoms with Crippen LogP contribution < -0.4 is 5.32 Å². The van der Waals surface area contributed by atoms with Crippen LogP contribution in [0.5, 0.6) is 0 Å². The molecule has 24 heavy (non-hydrogen) atoms. The fourth-order valence-electron chi connectivity index (χ4n) is 3.32. The van der Waals surface area contributed by atoms with Gasteiger partial charge >= 0.3 is 0 Å². The van der Waals surface area contributed by atoms with E-state index >= 15 is 0 Å². The summed E-state index contributed by atoms with van der Waals surface area (Å²) in [5, 5.41) is 7.21. The van der Waals surface area contributed by atoms with Gasteiger partial charge in [-0.1, -0.05) is 6.92 Å². The summed E-state index contributed by atoms with van der Waals surface area (Å²) in [6.45, 7) is 9.23. The molecule has 0 bridgehead atoms. The molecule has 1 aromatic rings. The van der Waals surface area contributed by atoms with Gasteiger partial charge in [0.2, 0.25) is 5.91 Å². The highest BCUT2D eigenvalue weighted by Crippen LogP contribution is 2.19. The van der Waals surface area contributed by atoms with Crippen LogP contribution in [0.1, 0.15) is 35.1 Å². The molecular weight excluding hydrogens is 306 g/mol. The molecule has 134 valence electrons. The Hall–Kier alpha value is -1.89. The van der Waals surface area contributed by atoms with Gasteiger partial charge in [-0.2, -0.15) is 5.10 Å². The van der Waals surface area contributed by atoms with Crippen molar-refractivity contribution in [1.29, 1.82) is 0 Å². The molecule has 1 saturated heterocycles. The Kier molecular flexibility index (Phi) is 5.99. The molecule has 0 aromatic carbocycles. The van der Waals surface area contributed by atoms with Crippen molar-refractivity contribution in [3.05, 3.63) is 17.0 Å². The molecule has 1 aliphatic rings. The van der Waals surface area contributed by atoms with Gasteiger partial charge in [-0.3, -0.25) is 14.3 Å². The maximum Gasteiger partial charge on any atom is 0.257 e.